The topological polar surface area (TPSA) is 66.0 Å². The minimum Gasteiger partial charge on any atom is -0.496 e. The van der Waals surface area contributed by atoms with Crippen LogP contribution in [0.3, 0.4) is 0 Å². The number of ether oxygens (including phenoxy) is 2. The van der Waals surface area contributed by atoms with E-state index in [9.17, 15) is 0 Å². The summed E-state index contributed by atoms with van der Waals surface area (Å²) in [6.45, 7) is 2.90. The molecule has 1 rings (SSSR count). The van der Waals surface area contributed by atoms with Gasteiger partial charge in [-0.15, -0.1) is 0 Å². The lowest BCUT2D eigenvalue weighted by atomic mass is 10.0. The van der Waals surface area contributed by atoms with Gasteiger partial charge in [-0.05, 0) is 18.6 Å². The molecule has 148 valence electrons. The highest BCUT2D eigenvalue weighted by atomic mass is 16.5. The average Bonchev–Trinajstić information content (AvgIpc) is 2.68. The van der Waals surface area contributed by atoms with E-state index in [1.807, 2.05) is 12.1 Å². The molecule has 1 aromatic carbocycles. The monoisotopic (exact) mass is 370 g/mol. The normalized spacial score (nSPS) is 10.2. The summed E-state index contributed by atoms with van der Waals surface area (Å²) >= 11 is 0. The maximum atomic E-state index is 9.04. The van der Waals surface area contributed by atoms with Crippen molar-refractivity contribution >= 4 is 0 Å². The van der Waals surface area contributed by atoms with E-state index in [4.69, 9.17) is 20.0 Å². The Bertz CT molecular complexity index is 614. The molecule has 0 amide bonds. The molecule has 0 saturated heterocycles. The summed E-state index contributed by atoms with van der Waals surface area (Å²) in [5, 5.41) is 18.0. The van der Waals surface area contributed by atoms with Gasteiger partial charge in [-0.3, -0.25) is 0 Å². The van der Waals surface area contributed by atoms with Crippen LogP contribution in [-0.4, -0.2) is 13.7 Å². The number of unbranched alkanes of at least 4 members (excludes halogenated alkanes) is 9. The molecular formula is C23H34N2O2. The van der Waals surface area contributed by atoms with Crippen molar-refractivity contribution in [1.82, 2.24) is 0 Å². The molecule has 0 aliphatic heterocycles. The molecule has 1 aromatic rings. The first-order valence-electron chi connectivity index (χ1n) is 10.3. The Morgan fingerprint density at radius 2 is 1.22 bits per heavy atom. The van der Waals surface area contributed by atoms with Crippen molar-refractivity contribution in [2.45, 2.75) is 84.0 Å². The Kier molecular flexibility index (Phi) is 12.6. The molecule has 0 atom stereocenters. The maximum Gasteiger partial charge on any atom is 0.124 e. The van der Waals surface area contributed by atoms with Gasteiger partial charge < -0.3 is 9.47 Å². The van der Waals surface area contributed by atoms with E-state index in [1.54, 1.807) is 7.11 Å². The minimum atomic E-state index is 0.268. The fourth-order valence-electron chi connectivity index (χ4n) is 3.19. The highest BCUT2D eigenvalue weighted by Crippen LogP contribution is 2.30. The molecule has 0 N–H and O–H groups in total. The van der Waals surface area contributed by atoms with Crippen LogP contribution in [0, 0.1) is 22.7 Å². The van der Waals surface area contributed by atoms with Crippen LogP contribution < -0.4 is 9.47 Å². The van der Waals surface area contributed by atoms with Gasteiger partial charge >= 0.3 is 0 Å². The summed E-state index contributed by atoms with van der Waals surface area (Å²) < 4.78 is 11.3. The molecule has 0 aromatic heterocycles. The number of hydrogen-bond acceptors (Lipinski definition) is 4. The smallest absolute Gasteiger partial charge is 0.124 e. The molecule has 27 heavy (non-hydrogen) atoms. The van der Waals surface area contributed by atoms with Gasteiger partial charge in [0, 0.05) is 11.1 Å². The van der Waals surface area contributed by atoms with Gasteiger partial charge in [0.25, 0.3) is 0 Å². The van der Waals surface area contributed by atoms with Crippen LogP contribution in [0.5, 0.6) is 11.5 Å². The number of rotatable bonds is 15. The predicted octanol–water partition coefficient (Wildman–Crippen LogP) is 6.13. The van der Waals surface area contributed by atoms with Gasteiger partial charge in [0.05, 0.1) is 38.7 Å². The van der Waals surface area contributed by atoms with Crippen molar-refractivity contribution in [1.29, 1.82) is 10.5 Å². The SMILES string of the molecule is CCCCCCCCCCCCOc1cc(CC#N)c(OC)cc1CC#N. The van der Waals surface area contributed by atoms with E-state index >= 15 is 0 Å². The largest absolute Gasteiger partial charge is 0.496 e. The van der Waals surface area contributed by atoms with Crippen molar-refractivity contribution in [2.24, 2.45) is 0 Å². The molecule has 4 nitrogen and oxygen atoms in total. The van der Waals surface area contributed by atoms with E-state index < -0.39 is 0 Å². The second-order valence-electron chi connectivity index (χ2n) is 6.97. The van der Waals surface area contributed by atoms with Gasteiger partial charge in [0.2, 0.25) is 0 Å². The number of hydrogen-bond donors (Lipinski definition) is 0. The Hall–Kier alpha value is -2.20. The lowest BCUT2D eigenvalue weighted by Crippen LogP contribution is -2.03. The molecule has 0 aliphatic rings. The molecule has 4 heteroatoms. The maximum absolute atomic E-state index is 9.04. The number of methoxy groups -OCH3 is 1. The Balaban J connectivity index is 2.35. The molecule has 0 unspecified atom stereocenters. The van der Waals surface area contributed by atoms with Crippen molar-refractivity contribution in [3.8, 4) is 23.6 Å². The van der Waals surface area contributed by atoms with Gasteiger partial charge in [-0.2, -0.15) is 10.5 Å². The Labute approximate surface area is 165 Å². The van der Waals surface area contributed by atoms with Crippen LogP contribution in [0.25, 0.3) is 0 Å². The summed E-state index contributed by atoms with van der Waals surface area (Å²) in [5.74, 6) is 1.35. The van der Waals surface area contributed by atoms with E-state index in [2.05, 4.69) is 19.1 Å². The number of nitrogens with zero attached hydrogens (tertiary/aromatic N) is 2. The second kappa shape index (κ2) is 14.9. The molecule has 0 saturated carbocycles. The third-order valence-electron chi connectivity index (χ3n) is 4.76. The zero-order valence-electron chi connectivity index (χ0n) is 17.1. The number of nitriles is 2. The quantitative estimate of drug-likeness (QED) is 0.348. The molecule has 0 radical (unpaired) electrons. The molecule has 0 aliphatic carbocycles. The first-order valence-corrected chi connectivity index (χ1v) is 10.3. The van der Waals surface area contributed by atoms with Crippen LogP contribution in [0.4, 0.5) is 0 Å². The third kappa shape index (κ3) is 9.34. The van der Waals surface area contributed by atoms with Gasteiger partial charge in [0.15, 0.2) is 0 Å². The summed E-state index contributed by atoms with van der Waals surface area (Å²) in [5.41, 5.74) is 1.63. The fraction of sp³-hybridized carbons (Fsp3) is 0.652. The lowest BCUT2D eigenvalue weighted by molar-refractivity contribution is 0.300. The summed E-state index contributed by atoms with van der Waals surface area (Å²) in [7, 11) is 1.58. The molecule has 0 bridgehead atoms. The first kappa shape index (κ1) is 22.8. The highest BCUT2D eigenvalue weighted by molar-refractivity contribution is 5.48. The van der Waals surface area contributed by atoms with E-state index in [0.29, 0.717) is 18.1 Å². The Morgan fingerprint density at radius 3 is 1.74 bits per heavy atom. The zero-order chi connectivity index (χ0) is 19.7. The van der Waals surface area contributed by atoms with Crippen molar-refractivity contribution in [2.75, 3.05) is 13.7 Å². The predicted molar refractivity (Wildman–Crippen MR) is 109 cm³/mol. The molecule has 0 heterocycles. The van der Waals surface area contributed by atoms with E-state index in [0.717, 1.165) is 17.5 Å². The van der Waals surface area contributed by atoms with Crippen LogP contribution in [0.1, 0.15) is 82.3 Å². The van der Waals surface area contributed by atoms with Gasteiger partial charge in [-0.25, -0.2) is 0 Å². The second-order valence-corrected chi connectivity index (χ2v) is 6.97. The minimum absolute atomic E-state index is 0.268. The average molecular weight is 371 g/mol. The molecular weight excluding hydrogens is 336 g/mol. The third-order valence-corrected chi connectivity index (χ3v) is 4.76. The summed E-state index contributed by atoms with van der Waals surface area (Å²) in [6, 6.07) is 7.99. The van der Waals surface area contributed by atoms with Gasteiger partial charge in [0.1, 0.15) is 11.5 Å². The van der Waals surface area contributed by atoms with Gasteiger partial charge in [-0.1, -0.05) is 64.7 Å². The summed E-state index contributed by atoms with van der Waals surface area (Å²) in [4.78, 5) is 0. The zero-order valence-corrected chi connectivity index (χ0v) is 17.1. The van der Waals surface area contributed by atoms with Crippen molar-refractivity contribution in [3.05, 3.63) is 23.3 Å². The van der Waals surface area contributed by atoms with Crippen LogP contribution >= 0.6 is 0 Å². The number of benzene rings is 1. The highest BCUT2D eigenvalue weighted by Gasteiger charge is 2.11. The van der Waals surface area contributed by atoms with Crippen LogP contribution in [0.2, 0.25) is 0 Å². The summed E-state index contributed by atoms with van der Waals surface area (Å²) in [6.07, 6.45) is 13.4. The Morgan fingerprint density at radius 1 is 0.741 bits per heavy atom. The van der Waals surface area contributed by atoms with Crippen molar-refractivity contribution in [3.63, 3.8) is 0 Å². The van der Waals surface area contributed by atoms with Crippen molar-refractivity contribution < 1.29 is 9.47 Å². The molecule has 0 spiro atoms. The van der Waals surface area contributed by atoms with Crippen LogP contribution in [0.15, 0.2) is 12.1 Å². The molecule has 0 fully saturated rings. The standard InChI is InChI=1S/C23H34N2O2/c1-3-4-5-6-7-8-9-10-11-12-17-27-23-19-20(13-15-24)22(26-2)18-21(23)14-16-25/h18-19H,3-14,17H2,1-2H3. The van der Waals surface area contributed by atoms with E-state index in [-0.39, 0.29) is 12.8 Å². The fourth-order valence-corrected chi connectivity index (χ4v) is 3.19. The lowest BCUT2D eigenvalue weighted by Gasteiger charge is -2.14. The van der Waals surface area contributed by atoms with E-state index in [1.165, 1.54) is 57.8 Å². The first-order chi connectivity index (χ1) is 13.3. The van der Waals surface area contributed by atoms with Crippen LogP contribution in [-0.2, 0) is 12.8 Å².